The minimum Gasteiger partial charge on any atom is -0.375 e. The Balaban J connectivity index is 2.52. The summed E-state index contributed by atoms with van der Waals surface area (Å²) in [5, 5.41) is 4.11. The summed E-state index contributed by atoms with van der Waals surface area (Å²) in [5.41, 5.74) is 5.91. The Hall–Kier alpha value is -1.43. The van der Waals surface area contributed by atoms with Gasteiger partial charge in [0.1, 0.15) is 0 Å². The highest BCUT2D eigenvalue weighted by Gasteiger charge is 2.04. The van der Waals surface area contributed by atoms with Crippen LogP contribution in [-0.4, -0.2) is 17.3 Å². The first-order chi connectivity index (χ1) is 5.72. The molecule has 5 nitrogen and oxygen atoms in total. The Morgan fingerprint density at radius 1 is 1.83 bits per heavy atom. The Kier molecular flexibility index (Phi) is 2.76. The van der Waals surface area contributed by atoms with Gasteiger partial charge < -0.3 is 5.73 Å². The summed E-state index contributed by atoms with van der Waals surface area (Å²) < 4.78 is 0. The van der Waals surface area contributed by atoms with E-state index in [1.54, 1.807) is 5.38 Å². The van der Waals surface area contributed by atoms with Gasteiger partial charge in [-0.1, -0.05) is 0 Å². The van der Waals surface area contributed by atoms with E-state index in [0.717, 1.165) is 0 Å². The maximum Gasteiger partial charge on any atom is 0.232 e. The van der Waals surface area contributed by atoms with E-state index in [0.29, 0.717) is 17.2 Å². The molecule has 6 heteroatoms. The molecule has 2 amide bonds. The van der Waals surface area contributed by atoms with Crippen molar-refractivity contribution in [1.82, 2.24) is 10.3 Å². The highest BCUT2D eigenvalue weighted by molar-refractivity contribution is 7.13. The Bertz CT molecular complexity index is 297. The van der Waals surface area contributed by atoms with E-state index in [1.165, 1.54) is 11.3 Å². The predicted octanol–water partition coefficient (Wildman–Crippen LogP) is -0.460. The van der Waals surface area contributed by atoms with Crippen LogP contribution in [0.3, 0.4) is 0 Å². The SMILES string of the molecule is Nc1nc(CC(=O)NC=O)cs1. The van der Waals surface area contributed by atoms with Crippen LogP contribution in [0.4, 0.5) is 5.13 Å². The van der Waals surface area contributed by atoms with E-state index >= 15 is 0 Å². The van der Waals surface area contributed by atoms with E-state index in [2.05, 4.69) is 4.98 Å². The number of nitrogens with two attached hydrogens (primary N) is 1. The fourth-order valence-electron chi connectivity index (χ4n) is 0.685. The fraction of sp³-hybridized carbons (Fsp3) is 0.167. The molecule has 0 fully saturated rings. The van der Waals surface area contributed by atoms with E-state index in [4.69, 9.17) is 5.73 Å². The molecule has 0 unspecified atom stereocenters. The van der Waals surface area contributed by atoms with Crippen molar-refractivity contribution in [1.29, 1.82) is 0 Å². The number of aromatic nitrogens is 1. The van der Waals surface area contributed by atoms with Gasteiger partial charge in [0.15, 0.2) is 5.13 Å². The summed E-state index contributed by atoms with van der Waals surface area (Å²) in [6.45, 7) is 0. The number of thiazole rings is 1. The van der Waals surface area contributed by atoms with Crippen LogP contribution in [0.2, 0.25) is 0 Å². The smallest absolute Gasteiger partial charge is 0.232 e. The van der Waals surface area contributed by atoms with Crippen LogP contribution in [0.25, 0.3) is 0 Å². The van der Waals surface area contributed by atoms with Crippen LogP contribution in [0, 0.1) is 0 Å². The van der Waals surface area contributed by atoms with Crippen LogP contribution >= 0.6 is 11.3 Å². The quantitative estimate of drug-likeness (QED) is 0.624. The lowest BCUT2D eigenvalue weighted by Crippen LogP contribution is -2.23. The average Bonchev–Trinajstić information content (AvgIpc) is 2.36. The number of nitrogens with zero attached hydrogens (tertiary/aromatic N) is 1. The van der Waals surface area contributed by atoms with Crippen molar-refractivity contribution in [2.75, 3.05) is 5.73 Å². The summed E-state index contributed by atoms with van der Waals surface area (Å²) in [7, 11) is 0. The largest absolute Gasteiger partial charge is 0.375 e. The maximum atomic E-state index is 10.8. The van der Waals surface area contributed by atoms with Gasteiger partial charge in [0, 0.05) is 5.38 Å². The molecule has 0 aliphatic carbocycles. The maximum absolute atomic E-state index is 10.8. The van der Waals surface area contributed by atoms with Crippen LogP contribution in [0.5, 0.6) is 0 Å². The minimum atomic E-state index is -0.379. The van der Waals surface area contributed by atoms with Gasteiger partial charge in [-0.15, -0.1) is 11.3 Å². The highest BCUT2D eigenvalue weighted by atomic mass is 32.1. The van der Waals surface area contributed by atoms with Gasteiger partial charge in [0.2, 0.25) is 12.3 Å². The number of carbonyl (C=O) groups is 2. The first-order valence-electron chi connectivity index (χ1n) is 3.15. The molecule has 1 aromatic heterocycles. The number of imide groups is 1. The van der Waals surface area contributed by atoms with Crippen molar-refractivity contribution >= 4 is 28.8 Å². The van der Waals surface area contributed by atoms with E-state index in [1.807, 2.05) is 5.32 Å². The number of anilines is 1. The zero-order valence-electron chi connectivity index (χ0n) is 6.11. The molecule has 0 radical (unpaired) electrons. The number of carbonyl (C=O) groups excluding carboxylic acids is 2. The second-order valence-corrected chi connectivity index (χ2v) is 2.93. The van der Waals surface area contributed by atoms with Gasteiger partial charge in [-0.05, 0) is 0 Å². The van der Waals surface area contributed by atoms with Crippen molar-refractivity contribution < 1.29 is 9.59 Å². The van der Waals surface area contributed by atoms with Crippen LogP contribution in [0.1, 0.15) is 5.69 Å². The van der Waals surface area contributed by atoms with Crippen molar-refractivity contribution in [2.45, 2.75) is 6.42 Å². The number of amides is 2. The summed E-state index contributed by atoms with van der Waals surface area (Å²) in [6.07, 6.45) is 0.435. The first-order valence-corrected chi connectivity index (χ1v) is 4.03. The predicted molar refractivity (Wildman–Crippen MR) is 44.4 cm³/mol. The topological polar surface area (TPSA) is 85.1 Å². The molecule has 0 aliphatic rings. The molecule has 0 aliphatic heterocycles. The van der Waals surface area contributed by atoms with E-state index < -0.39 is 0 Å². The molecule has 0 saturated carbocycles. The molecule has 0 saturated heterocycles. The normalized spacial score (nSPS) is 9.33. The molecule has 1 heterocycles. The van der Waals surface area contributed by atoms with Gasteiger partial charge in [-0.2, -0.15) is 0 Å². The zero-order valence-corrected chi connectivity index (χ0v) is 6.93. The Morgan fingerprint density at radius 2 is 2.58 bits per heavy atom. The number of hydrogen-bond donors (Lipinski definition) is 2. The van der Waals surface area contributed by atoms with Gasteiger partial charge in [0.25, 0.3) is 0 Å². The third kappa shape index (κ3) is 2.31. The van der Waals surface area contributed by atoms with Crippen LogP contribution in [0.15, 0.2) is 5.38 Å². The number of rotatable bonds is 3. The minimum absolute atomic E-state index is 0.0897. The molecule has 0 spiro atoms. The van der Waals surface area contributed by atoms with Gasteiger partial charge >= 0.3 is 0 Å². The first kappa shape index (κ1) is 8.66. The summed E-state index contributed by atoms with van der Waals surface area (Å²) >= 11 is 1.26. The van der Waals surface area contributed by atoms with Crippen molar-refractivity contribution in [2.24, 2.45) is 0 Å². The van der Waals surface area contributed by atoms with Gasteiger partial charge in [0.05, 0.1) is 12.1 Å². The number of hydrogen-bond acceptors (Lipinski definition) is 5. The second kappa shape index (κ2) is 3.82. The standard InChI is InChI=1S/C6H7N3O2S/c7-6-9-4(2-12-6)1-5(11)8-3-10/h2-3H,1H2,(H2,7,9)(H,8,10,11). The molecule has 12 heavy (non-hydrogen) atoms. The molecular weight excluding hydrogens is 178 g/mol. The van der Waals surface area contributed by atoms with Crippen LogP contribution < -0.4 is 11.1 Å². The summed E-state index contributed by atoms with van der Waals surface area (Å²) in [5.74, 6) is -0.379. The lowest BCUT2D eigenvalue weighted by molar-refractivity contribution is -0.124. The molecule has 1 aromatic rings. The Morgan fingerprint density at radius 3 is 3.08 bits per heavy atom. The van der Waals surface area contributed by atoms with Crippen molar-refractivity contribution in [3.8, 4) is 0 Å². The molecule has 0 aromatic carbocycles. The van der Waals surface area contributed by atoms with E-state index in [9.17, 15) is 9.59 Å². The lowest BCUT2D eigenvalue weighted by Gasteiger charge is -1.92. The molecule has 1 rings (SSSR count). The summed E-state index contributed by atoms with van der Waals surface area (Å²) in [4.78, 5) is 24.5. The third-order valence-electron chi connectivity index (χ3n) is 1.13. The molecule has 0 bridgehead atoms. The monoisotopic (exact) mass is 185 g/mol. The zero-order chi connectivity index (χ0) is 8.97. The average molecular weight is 185 g/mol. The van der Waals surface area contributed by atoms with E-state index in [-0.39, 0.29) is 12.3 Å². The molecule has 3 N–H and O–H groups in total. The van der Waals surface area contributed by atoms with Crippen molar-refractivity contribution in [3.05, 3.63) is 11.1 Å². The van der Waals surface area contributed by atoms with Gasteiger partial charge in [-0.25, -0.2) is 4.98 Å². The number of nitrogen functional groups attached to an aromatic ring is 1. The second-order valence-electron chi connectivity index (χ2n) is 2.04. The number of nitrogens with one attached hydrogen (secondary N) is 1. The molecule has 64 valence electrons. The van der Waals surface area contributed by atoms with Crippen molar-refractivity contribution in [3.63, 3.8) is 0 Å². The summed E-state index contributed by atoms with van der Waals surface area (Å²) in [6, 6.07) is 0. The third-order valence-corrected chi connectivity index (χ3v) is 1.85. The van der Waals surface area contributed by atoms with Crippen LogP contribution in [-0.2, 0) is 16.0 Å². The Labute approximate surface area is 72.6 Å². The van der Waals surface area contributed by atoms with Gasteiger partial charge in [-0.3, -0.25) is 14.9 Å². The molecular formula is C6H7N3O2S. The molecule has 0 atom stereocenters. The lowest BCUT2D eigenvalue weighted by atomic mass is 10.3. The fourth-order valence-corrected chi connectivity index (χ4v) is 1.25. The highest BCUT2D eigenvalue weighted by Crippen LogP contribution is 2.10.